The minimum absolute atomic E-state index is 0.0810. The standard InChI is InChI=1S/C13H16BrNO2/c14-9-1-2-10-11(15)6-12(17-13(10)5-9)8-3-4-16-7-8/h1-2,5,8,11-12H,3-4,6-7,15H2/t8?,11-,12?/m1/s1. The van der Waals surface area contributed by atoms with Gasteiger partial charge in [-0.1, -0.05) is 22.0 Å². The van der Waals surface area contributed by atoms with Gasteiger partial charge in [0.25, 0.3) is 0 Å². The smallest absolute Gasteiger partial charge is 0.125 e. The zero-order valence-corrected chi connectivity index (χ0v) is 11.2. The second kappa shape index (κ2) is 4.59. The number of halogens is 1. The molecule has 1 aromatic carbocycles. The molecule has 3 nitrogen and oxygen atoms in total. The fourth-order valence-electron chi connectivity index (χ4n) is 2.64. The van der Waals surface area contributed by atoms with Gasteiger partial charge in [0.15, 0.2) is 0 Å². The summed E-state index contributed by atoms with van der Waals surface area (Å²) in [4.78, 5) is 0. The van der Waals surface area contributed by atoms with Crippen LogP contribution < -0.4 is 10.5 Å². The van der Waals surface area contributed by atoms with Crippen LogP contribution in [0.4, 0.5) is 0 Å². The molecular formula is C13H16BrNO2. The molecule has 0 radical (unpaired) electrons. The third kappa shape index (κ3) is 2.21. The van der Waals surface area contributed by atoms with Crippen molar-refractivity contribution in [2.45, 2.75) is 25.0 Å². The number of benzene rings is 1. The van der Waals surface area contributed by atoms with Crippen LogP contribution in [0.25, 0.3) is 0 Å². The molecule has 0 saturated carbocycles. The van der Waals surface area contributed by atoms with E-state index in [4.69, 9.17) is 15.2 Å². The molecule has 2 heterocycles. The molecular weight excluding hydrogens is 282 g/mol. The van der Waals surface area contributed by atoms with Gasteiger partial charge < -0.3 is 15.2 Å². The van der Waals surface area contributed by atoms with E-state index < -0.39 is 0 Å². The lowest BCUT2D eigenvalue weighted by Gasteiger charge is -2.33. The van der Waals surface area contributed by atoms with Crippen LogP contribution in [0.5, 0.6) is 5.75 Å². The van der Waals surface area contributed by atoms with Gasteiger partial charge in [-0.2, -0.15) is 0 Å². The first-order chi connectivity index (χ1) is 8.24. The summed E-state index contributed by atoms with van der Waals surface area (Å²) in [7, 11) is 0. The predicted molar refractivity (Wildman–Crippen MR) is 69.0 cm³/mol. The Bertz CT molecular complexity index is 418. The zero-order valence-electron chi connectivity index (χ0n) is 9.56. The monoisotopic (exact) mass is 297 g/mol. The van der Waals surface area contributed by atoms with Crippen molar-refractivity contribution in [2.75, 3.05) is 13.2 Å². The van der Waals surface area contributed by atoms with E-state index in [1.807, 2.05) is 18.2 Å². The van der Waals surface area contributed by atoms with Crippen molar-refractivity contribution in [3.63, 3.8) is 0 Å². The van der Waals surface area contributed by atoms with Crippen LogP contribution in [0, 0.1) is 5.92 Å². The Morgan fingerprint density at radius 2 is 2.24 bits per heavy atom. The number of rotatable bonds is 1. The van der Waals surface area contributed by atoms with Crippen molar-refractivity contribution in [1.82, 2.24) is 0 Å². The molecule has 1 aromatic rings. The van der Waals surface area contributed by atoms with Crippen LogP contribution in [0.1, 0.15) is 24.4 Å². The second-order valence-electron chi connectivity index (χ2n) is 4.80. The summed E-state index contributed by atoms with van der Waals surface area (Å²) in [5, 5.41) is 0. The fourth-order valence-corrected chi connectivity index (χ4v) is 2.98. The van der Waals surface area contributed by atoms with Crippen LogP contribution >= 0.6 is 15.9 Å². The molecule has 0 bridgehead atoms. The van der Waals surface area contributed by atoms with Crippen molar-refractivity contribution in [2.24, 2.45) is 11.7 Å². The van der Waals surface area contributed by atoms with Crippen LogP contribution in [-0.4, -0.2) is 19.3 Å². The SMILES string of the molecule is N[C@@H]1CC(C2CCOC2)Oc2cc(Br)ccc21. The van der Waals surface area contributed by atoms with Crippen LogP contribution in [0.2, 0.25) is 0 Å². The Labute approximate surface area is 109 Å². The Kier molecular flexibility index (Phi) is 3.11. The highest BCUT2D eigenvalue weighted by molar-refractivity contribution is 9.10. The maximum Gasteiger partial charge on any atom is 0.125 e. The summed E-state index contributed by atoms with van der Waals surface area (Å²) in [6.07, 6.45) is 2.18. The summed E-state index contributed by atoms with van der Waals surface area (Å²) in [5.74, 6) is 1.42. The van der Waals surface area contributed by atoms with Crippen molar-refractivity contribution in [3.05, 3.63) is 28.2 Å². The molecule has 0 aromatic heterocycles. The fraction of sp³-hybridized carbons (Fsp3) is 0.538. The van der Waals surface area contributed by atoms with E-state index in [-0.39, 0.29) is 12.1 Å². The molecule has 0 aliphatic carbocycles. The molecule has 1 fully saturated rings. The first kappa shape index (κ1) is 11.5. The molecule has 2 unspecified atom stereocenters. The van der Waals surface area contributed by atoms with Gasteiger partial charge in [0.1, 0.15) is 11.9 Å². The average molecular weight is 298 g/mol. The summed E-state index contributed by atoms with van der Waals surface area (Å²) in [6, 6.07) is 6.15. The molecule has 4 heteroatoms. The van der Waals surface area contributed by atoms with E-state index in [0.717, 1.165) is 41.8 Å². The third-order valence-corrected chi connectivity index (χ3v) is 4.12. The molecule has 3 atom stereocenters. The highest BCUT2D eigenvalue weighted by Crippen LogP contribution is 2.38. The largest absolute Gasteiger partial charge is 0.490 e. The quantitative estimate of drug-likeness (QED) is 0.867. The Hall–Kier alpha value is -0.580. The summed E-state index contributed by atoms with van der Waals surface area (Å²) in [5.41, 5.74) is 7.33. The van der Waals surface area contributed by atoms with Crippen molar-refractivity contribution >= 4 is 15.9 Å². The number of hydrogen-bond donors (Lipinski definition) is 1. The van der Waals surface area contributed by atoms with Crippen LogP contribution in [0.3, 0.4) is 0 Å². The Morgan fingerprint density at radius 3 is 3.00 bits per heavy atom. The minimum Gasteiger partial charge on any atom is -0.490 e. The molecule has 0 spiro atoms. The lowest BCUT2D eigenvalue weighted by Crippen LogP contribution is -2.35. The zero-order chi connectivity index (χ0) is 11.8. The Balaban J connectivity index is 1.85. The van der Waals surface area contributed by atoms with Gasteiger partial charge in [0.2, 0.25) is 0 Å². The van der Waals surface area contributed by atoms with E-state index in [0.29, 0.717) is 5.92 Å². The topological polar surface area (TPSA) is 44.5 Å². The first-order valence-corrected chi connectivity index (χ1v) is 6.83. The van der Waals surface area contributed by atoms with E-state index in [1.54, 1.807) is 0 Å². The highest BCUT2D eigenvalue weighted by Gasteiger charge is 2.33. The molecule has 0 amide bonds. The molecule has 1 saturated heterocycles. The number of hydrogen-bond acceptors (Lipinski definition) is 3. The van der Waals surface area contributed by atoms with Gasteiger partial charge in [0, 0.05) is 35.0 Å². The van der Waals surface area contributed by atoms with E-state index >= 15 is 0 Å². The van der Waals surface area contributed by atoms with Crippen molar-refractivity contribution in [1.29, 1.82) is 0 Å². The molecule has 3 rings (SSSR count). The minimum atomic E-state index is 0.0810. The number of ether oxygens (including phenoxy) is 2. The maximum absolute atomic E-state index is 6.22. The van der Waals surface area contributed by atoms with Gasteiger partial charge in [-0.05, 0) is 18.6 Å². The van der Waals surface area contributed by atoms with Gasteiger partial charge in [-0.25, -0.2) is 0 Å². The predicted octanol–water partition coefficient (Wildman–Crippen LogP) is 2.64. The molecule has 2 aliphatic heterocycles. The van der Waals surface area contributed by atoms with Gasteiger partial charge in [-0.15, -0.1) is 0 Å². The normalized spacial score (nSPS) is 32.0. The highest BCUT2D eigenvalue weighted by atomic mass is 79.9. The summed E-state index contributed by atoms with van der Waals surface area (Å²) < 4.78 is 12.5. The summed E-state index contributed by atoms with van der Waals surface area (Å²) in [6.45, 7) is 1.66. The first-order valence-electron chi connectivity index (χ1n) is 6.03. The molecule has 92 valence electrons. The molecule has 17 heavy (non-hydrogen) atoms. The van der Waals surface area contributed by atoms with E-state index in [9.17, 15) is 0 Å². The average Bonchev–Trinajstić information content (AvgIpc) is 2.81. The third-order valence-electron chi connectivity index (χ3n) is 3.63. The van der Waals surface area contributed by atoms with Gasteiger partial charge in [0.05, 0.1) is 6.61 Å². The van der Waals surface area contributed by atoms with E-state index in [1.165, 1.54) is 0 Å². The van der Waals surface area contributed by atoms with E-state index in [2.05, 4.69) is 15.9 Å². The second-order valence-corrected chi connectivity index (χ2v) is 5.72. The van der Waals surface area contributed by atoms with Crippen LogP contribution in [0.15, 0.2) is 22.7 Å². The van der Waals surface area contributed by atoms with Crippen molar-refractivity contribution in [3.8, 4) is 5.75 Å². The van der Waals surface area contributed by atoms with Gasteiger partial charge >= 0.3 is 0 Å². The lowest BCUT2D eigenvalue weighted by atomic mass is 9.90. The van der Waals surface area contributed by atoms with Crippen molar-refractivity contribution < 1.29 is 9.47 Å². The lowest BCUT2D eigenvalue weighted by molar-refractivity contribution is 0.0854. The number of nitrogens with two attached hydrogens (primary N) is 1. The molecule has 2 aliphatic rings. The Morgan fingerprint density at radius 1 is 1.35 bits per heavy atom. The van der Waals surface area contributed by atoms with Crippen LogP contribution in [-0.2, 0) is 4.74 Å². The summed E-state index contributed by atoms with van der Waals surface area (Å²) >= 11 is 3.47. The number of fused-ring (bicyclic) bond motifs is 1. The van der Waals surface area contributed by atoms with Gasteiger partial charge in [-0.3, -0.25) is 0 Å². The maximum atomic E-state index is 6.22. The molecule has 2 N–H and O–H groups in total.